The van der Waals surface area contributed by atoms with Crippen molar-refractivity contribution >= 4 is 0 Å². The molecule has 1 aliphatic rings. The molecular formula is C11H11N2. The summed E-state index contributed by atoms with van der Waals surface area (Å²) < 4.78 is 0. The molecule has 0 saturated carbocycles. The van der Waals surface area contributed by atoms with Crippen molar-refractivity contribution in [2.24, 2.45) is 0 Å². The van der Waals surface area contributed by atoms with Gasteiger partial charge < -0.3 is 10.2 Å². The number of hydrogen-bond acceptors (Lipinski definition) is 2. The summed E-state index contributed by atoms with van der Waals surface area (Å²) in [6.07, 6.45) is 8.73. The quantitative estimate of drug-likeness (QED) is 0.730. The Bertz CT molecular complexity index is 302. The topological polar surface area (TPSA) is 15.3 Å². The van der Waals surface area contributed by atoms with Crippen LogP contribution in [0, 0.1) is 6.20 Å². The molecule has 1 aromatic carbocycles. The molecule has 0 amide bonds. The second-order valence-electron chi connectivity index (χ2n) is 2.87. The summed E-state index contributed by atoms with van der Waals surface area (Å²) >= 11 is 0. The van der Waals surface area contributed by atoms with Crippen molar-refractivity contribution in [3.8, 4) is 0 Å². The fourth-order valence-corrected chi connectivity index (χ4v) is 1.22. The van der Waals surface area contributed by atoms with Crippen LogP contribution in [-0.2, 0) is 6.54 Å². The van der Waals surface area contributed by atoms with Crippen molar-refractivity contribution in [1.29, 1.82) is 0 Å². The van der Waals surface area contributed by atoms with Crippen LogP contribution in [-0.4, -0.2) is 4.90 Å². The van der Waals surface area contributed by atoms with Crippen LogP contribution >= 0.6 is 0 Å². The molecule has 0 bridgehead atoms. The Morgan fingerprint density at radius 2 is 2.08 bits per heavy atom. The number of rotatable bonds is 2. The van der Waals surface area contributed by atoms with Gasteiger partial charge in [0.05, 0.1) is 6.20 Å². The zero-order valence-electron chi connectivity index (χ0n) is 7.27. The molecule has 13 heavy (non-hydrogen) atoms. The molecule has 2 heteroatoms. The molecule has 1 radical (unpaired) electrons. The maximum atomic E-state index is 3.08. The Labute approximate surface area is 78.2 Å². The smallest absolute Gasteiger partial charge is 0.0828 e. The predicted octanol–water partition coefficient (Wildman–Crippen LogP) is 1.84. The van der Waals surface area contributed by atoms with Crippen molar-refractivity contribution in [1.82, 2.24) is 10.2 Å². The summed E-state index contributed by atoms with van der Waals surface area (Å²) in [7, 11) is 0. The van der Waals surface area contributed by atoms with Gasteiger partial charge in [-0.25, -0.2) is 0 Å². The van der Waals surface area contributed by atoms with E-state index in [9.17, 15) is 0 Å². The fourth-order valence-electron chi connectivity index (χ4n) is 1.22. The van der Waals surface area contributed by atoms with E-state index in [0.29, 0.717) is 0 Å². The Morgan fingerprint density at radius 3 is 2.77 bits per heavy atom. The highest BCUT2D eigenvalue weighted by Crippen LogP contribution is 2.05. The molecule has 0 spiro atoms. The van der Waals surface area contributed by atoms with Crippen LogP contribution in [0.5, 0.6) is 0 Å². The Balaban J connectivity index is 2.02. The maximum Gasteiger partial charge on any atom is 0.0828 e. The Morgan fingerprint density at radius 1 is 1.23 bits per heavy atom. The monoisotopic (exact) mass is 171 g/mol. The number of nitrogens with zero attached hydrogens (tertiary/aromatic N) is 1. The van der Waals surface area contributed by atoms with Crippen molar-refractivity contribution in [2.75, 3.05) is 0 Å². The number of benzene rings is 1. The zero-order chi connectivity index (χ0) is 8.93. The first-order valence-electron chi connectivity index (χ1n) is 4.26. The van der Waals surface area contributed by atoms with Crippen molar-refractivity contribution < 1.29 is 0 Å². The zero-order valence-corrected chi connectivity index (χ0v) is 7.27. The molecule has 2 rings (SSSR count). The van der Waals surface area contributed by atoms with Gasteiger partial charge in [-0.2, -0.15) is 0 Å². The summed E-state index contributed by atoms with van der Waals surface area (Å²) in [6.45, 7) is 0.871. The molecule has 1 aliphatic heterocycles. The van der Waals surface area contributed by atoms with Crippen LogP contribution in [0.2, 0.25) is 0 Å². The SMILES string of the molecule is [C]1=CNC=CN1Cc1ccccc1. The van der Waals surface area contributed by atoms with E-state index in [2.05, 4.69) is 23.6 Å². The minimum Gasteiger partial charge on any atom is -0.365 e. The van der Waals surface area contributed by atoms with Crippen LogP contribution in [0.1, 0.15) is 5.56 Å². The Hall–Kier alpha value is -1.70. The highest BCUT2D eigenvalue weighted by atomic mass is 15.1. The lowest BCUT2D eigenvalue weighted by molar-refractivity contribution is 0.467. The molecular weight excluding hydrogens is 160 g/mol. The second-order valence-corrected chi connectivity index (χ2v) is 2.87. The van der Waals surface area contributed by atoms with Crippen LogP contribution in [0.25, 0.3) is 0 Å². The van der Waals surface area contributed by atoms with Crippen molar-refractivity contribution in [3.63, 3.8) is 0 Å². The number of nitrogens with one attached hydrogen (secondary N) is 1. The van der Waals surface area contributed by atoms with E-state index in [4.69, 9.17) is 0 Å². The van der Waals surface area contributed by atoms with E-state index in [1.807, 2.05) is 35.5 Å². The van der Waals surface area contributed by atoms with Gasteiger partial charge in [-0.05, 0) is 5.56 Å². The van der Waals surface area contributed by atoms with E-state index in [0.717, 1.165) is 6.54 Å². The lowest BCUT2D eigenvalue weighted by Crippen LogP contribution is -2.15. The van der Waals surface area contributed by atoms with Gasteiger partial charge >= 0.3 is 0 Å². The second kappa shape index (κ2) is 3.81. The van der Waals surface area contributed by atoms with E-state index < -0.39 is 0 Å². The lowest BCUT2D eigenvalue weighted by Gasteiger charge is -2.16. The van der Waals surface area contributed by atoms with E-state index in [-0.39, 0.29) is 0 Å². The third-order valence-electron chi connectivity index (χ3n) is 1.86. The molecule has 2 nitrogen and oxygen atoms in total. The minimum atomic E-state index is 0.871. The molecule has 65 valence electrons. The van der Waals surface area contributed by atoms with Crippen molar-refractivity contribution in [2.45, 2.75) is 6.54 Å². The average Bonchev–Trinajstić information content (AvgIpc) is 2.21. The first-order valence-corrected chi connectivity index (χ1v) is 4.26. The summed E-state index contributed by atoms with van der Waals surface area (Å²) in [5.41, 5.74) is 1.29. The molecule has 0 atom stereocenters. The normalized spacial score (nSPS) is 14.3. The van der Waals surface area contributed by atoms with Crippen LogP contribution < -0.4 is 5.32 Å². The van der Waals surface area contributed by atoms with E-state index >= 15 is 0 Å². The van der Waals surface area contributed by atoms with Gasteiger partial charge in [-0.1, -0.05) is 30.3 Å². The maximum absolute atomic E-state index is 3.08. The molecule has 1 aromatic rings. The molecule has 1 N–H and O–H groups in total. The molecule has 1 heterocycles. The fraction of sp³-hybridized carbons (Fsp3) is 0.0909. The molecule has 0 fully saturated rings. The summed E-state index contributed by atoms with van der Waals surface area (Å²) in [6, 6.07) is 10.3. The standard InChI is InChI=1S/C11H11N2/c1-2-4-11(5-3-1)10-13-8-6-12-7-9-13/h1-8,12H,10H2. The minimum absolute atomic E-state index is 0.871. The molecule has 0 aromatic heterocycles. The van der Waals surface area contributed by atoms with Gasteiger partial charge in [-0.3, -0.25) is 0 Å². The van der Waals surface area contributed by atoms with Gasteiger partial charge in [0.25, 0.3) is 0 Å². The third kappa shape index (κ3) is 2.12. The van der Waals surface area contributed by atoms with Gasteiger partial charge in [0, 0.05) is 25.1 Å². The van der Waals surface area contributed by atoms with Crippen LogP contribution in [0.15, 0.2) is 48.9 Å². The van der Waals surface area contributed by atoms with E-state index in [1.165, 1.54) is 5.56 Å². The molecule has 0 saturated heterocycles. The largest absolute Gasteiger partial charge is 0.365 e. The van der Waals surface area contributed by atoms with Gasteiger partial charge in [0.2, 0.25) is 0 Å². The van der Waals surface area contributed by atoms with Gasteiger partial charge in [-0.15, -0.1) is 0 Å². The number of hydrogen-bond donors (Lipinski definition) is 1. The first kappa shape index (κ1) is 7.92. The van der Waals surface area contributed by atoms with Crippen molar-refractivity contribution in [3.05, 3.63) is 60.7 Å². The summed E-state index contributed by atoms with van der Waals surface area (Å²) in [5.74, 6) is 0. The lowest BCUT2D eigenvalue weighted by atomic mass is 10.2. The van der Waals surface area contributed by atoms with Crippen LogP contribution in [0.3, 0.4) is 0 Å². The van der Waals surface area contributed by atoms with Crippen LogP contribution in [0.4, 0.5) is 0 Å². The molecule has 0 unspecified atom stereocenters. The first-order chi connectivity index (χ1) is 6.45. The average molecular weight is 171 g/mol. The highest BCUT2D eigenvalue weighted by molar-refractivity contribution is 5.15. The van der Waals surface area contributed by atoms with Gasteiger partial charge in [0.1, 0.15) is 0 Å². The highest BCUT2D eigenvalue weighted by Gasteiger charge is 1.98. The predicted molar refractivity (Wildman–Crippen MR) is 52.1 cm³/mol. The Kier molecular flexibility index (Phi) is 2.32. The summed E-state index contributed by atoms with van der Waals surface area (Å²) in [5, 5.41) is 2.94. The van der Waals surface area contributed by atoms with E-state index in [1.54, 1.807) is 6.20 Å². The summed E-state index contributed by atoms with van der Waals surface area (Å²) in [4.78, 5) is 2.01. The van der Waals surface area contributed by atoms with Gasteiger partial charge in [0.15, 0.2) is 0 Å². The molecule has 0 aliphatic carbocycles. The third-order valence-corrected chi connectivity index (χ3v) is 1.86.